The zero-order valence-electron chi connectivity index (χ0n) is 12.0. The molecule has 0 fully saturated rings. The van der Waals surface area contributed by atoms with Crippen LogP contribution in [0.25, 0.3) is 0 Å². The van der Waals surface area contributed by atoms with Gasteiger partial charge in [-0.1, -0.05) is 13.0 Å². The van der Waals surface area contributed by atoms with Crippen LogP contribution in [0.3, 0.4) is 0 Å². The molecule has 0 aliphatic carbocycles. The predicted octanol–water partition coefficient (Wildman–Crippen LogP) is 2.33. The number of hydrogen-bond donors (Lipinski definition) is 1. The van der Waals surface area contributed by atoms with Gasteiger partial charge >= 0.3 is 0 Å². The molecule has 0 aromatic carbocycles. The van der Waals surface area contributed by atoms with Crippen molar-refractivity contribution in [3.8, 4) is 0 Å². The number of hydrogen-bond acceptors (Lipinski definition) is 3. The Morgan fingerprint density at radius 3 is 2.78 bits per heavy atom. The molecule has 3 nitrogen and oxygen atoms in total. The molecule has 1 aromatic rings. The van der Waals surface area contributed by atoms with Gasteiger partial charge in [0.25, 0.3) is 0 Å². The molecule has 3 heteroatoms. The highest BCUT2D eigenvalue weighted by Crippen LogP contribution is 2.03. The van der Waals surface area contributed by atoms with Gasteiger partial charge in [-0.05, 0) is 52.0 Å². The molecule has 102 valence electrons. The second kappa shape index (κ2) is 9.06. The minimum Gasteiger partial charge on any atom is -0.317 e. The summed E-state index contributed by atoms with van der Waals surface area (Å²) in [5.74, 6) is 0. The highest BCUT2D eigenvalue weighted by Gasteiger charge is 2.04. The van der Waals surface area contributed by atoms with Gasteiger partial charge in [0.2, 0.25) is 0 Å². The molecule has 0 amide bonds. The first-order valence-corrected chi connectivity index (χ1v) is 7.02. The number of rotatable bonds is 9. The van der Waals surface area contributed by atoms with Crippen LogP contribution >= 0.6 is 0 Å². The summed E-state index contributed by atoms with van der Waals surface area (Å²) in [5, 5.41) is 3.35. The number of aromatic nitrogens is 1. The summed E-state index contributed by atoms with van der Waals surface area (Å²) < 4.78 is 0. The molecule has 1 aromatic heterocycles. The van der Waals surface area contributed by atoms with Crippen molar-refractivity contribution in [2.75, 3.05) is 27.2 Å². The maximum Gasteiger partial charge on any atom is 0.0416 e. The van der Waals surface area contributed by atoms with Crippen molar-refractivity contribution < 1.29 is 0 Å². The van der Waals surface area contributed by atoms with Crippen molar-refractivity contribution in [1.82, 2.24) is 15.2 Å². The second-order valence-electron chi connectivity index (χ2n) is 4.91. The summed E-state index contributed by atoms with van der Waals surface area (Å²) in [7, 11) is 4.25. The summed E-state index contributed by atoms with van der Waals surface area (Å²) in [6, 6.07) is 6.80. The van der Waals surface area contributed by atoms with Gasteiger partial charge in [-0.3, -0.25) is 4.98 Å². The summed E-state index contributed by atoms with van der Waals surface area (Å²) in [6.45, 7) is 4.50. The van der Waals surface area contributed by atoms with E-state index in [0.29, 0.717) is 6.04 Å². The molecule has 1 N–H and O–H groups in total. The largest absolute Gasteiger partial charge is 0.317 e. The molecule has 1 rings (SSSR count). The van der Waals surface area contributed by atoms with E-state index in [9.17, 15) is 0 Å². The predicted molar refractivity (Wildman–Crippen MR) is 77.8 cm³/mol. The minimum atomic E-state index is 0.675. The maximum atomic E-state index is 4.35. The van der Waals surface area contributed by atoms with Gasteiger partial charge in [-0.2, -0.15) is 0 Å². The van der Waals surface area contributed by atoms with Crippen molar-refractivity contribution in [3.05, 3.63) is 30.1 Å². The Bertz CT molecular complexity index is 296. The van der Waals surface area contributed by atoms with E-state index >= 15 is 0 Å². The normalized spacial score (nSPS) is 12.9. The molecule has 0 spiro atoms. The molecular formula is C15H27N3. The SMILES string of the molecule is CCC(CCCN(C)CCc1ccccn1)NC. The summed E-state index contributed by atoms with van der Waals surface area (Å²) in [4.78, 5) is 6.75. The Morgan fingerprint density at radius 2 is 2.17 bits per heavy atom. The third kappa shape index (κ3) is 6.12. The zero-order chi connectivity index (χ0) is 13.2. The molecule has 1 heterocycles. The Labute approximate surface area is 112 Å². The Hall–Kier alpha value is -0.930. The third-order valence-corrected chi connectivity index (χ3v) is 3.47. The zero-order valence-corrected chi connectivity index (χ0v) is 12.0. The first-order chi connectivity index (χ1) is 8.76. The van der Waals surface area contributed by atoms with E-state index in [-0.39, 0.29) is 0 Å². The Kier molecular flexibility index (Phi) is 7.62. The number of nitrogens with one attached hydrogen (secondary N) is 1. The topological polar surface area (TPSA) is 28.2 Å². The number of likely N-dealkylation sites (N-methyl/N-ethyl adjacent to an activating group) is 1. The monoisotopic (exact) mass is 249 g/mol. The molecule has 1 unspecified atom stereocenters. The van der Waals surface area contributed by atoms with Gasteiger partial charge in [0.05, 0.1) is 0 Å². The van der Waals surface area contributed by atoms with E-state index in [0.717, 1.165) is 13.0 Å². The van der Waals surface area contributed by atoms with Crippen LogP contribution in [-0.2, 0) is 6.42 Å². The lowest BCUT2D eigenvalue weighted by atomic mass is 10.1. The smallest absolute Gasteiger partial charge is 0.0416 e. The van der Waals surface area contributed by atoms with Crippen LogP contribution in [0.4, 0.5) is 0 Å². The quantitative estimate of drug-likeness (QED) is 0.728. The Morgan fingerprint density at radius 1 is 1.33 bits per heavy atom. The average molecular weight is 249 g/mol. The van der Waals surface area contributed by atoms with Crippen molar-refractivity contribution >= 4 is 0 Å². The first kappa shape index (κ1) is 15.1. The summed E-state index contributed by atoms with van der Waals surface area (Å²) >= 11 is 0. The van der Waals surface area contributed by atoms with Gasteiger partial charge < -0.3 is 10.2 Å². The lowest BCUT2D eigenvalue weighted by Gasteiger charge is -2.18. The van der Waals surface area contributed by atoms with Crippen molar-refractivity contribution in [2.24, 2.45) is 0 Å². The highest BCUT2D eigenvalue weighted by atomic mass is 15.1. The first-order valence-electron chi connectivity index (χ1n) is 7.02. The van der Waals surface area contributed by atoms with E-state index in [4.69, 9.17) is 0 Å². The van der Waals surface area contributed by atoms with Gasteiger partial charge in [-0.25, -0.2) is 0 Å². The van der Waals surface area contributed by atoms with Crippen molar-refractivity contribution in [2.45, 2.75) is 38.6 Å². The van der Waals surface area contributed by atoms with Gasteiger partial charge in [0, 0.05) is 30.9 Å². The number of pyridine rings is 1. The highest BCUT2D eigenvalue weighted by molar-refractivity contribution is 5.03. The maximum absolute atomic E-state index is 4.35. The second-order valence-corrected chi connectivity index (χ2v) is 4.91. The standard InChI is InChI=1S/C15H27N3/c1-4-14(16-2)9-7-12-18(3)13-10-15-8-5-6-11-17-15/h5-6,8,11,14,16H,4,7,9-10,12-13H2,1-3H3. The van der Waals surface area contributed by atoms with E-state index < -0.39 is 0 Å². The molecule has 0 bridgehead atoms. The van der Waals surface area contributed by atoms with Gasteiger partial charge in [-0.15, -0.1) is 0 Å². The molecule has 18 heavy (non-hydrogen) atoms. The van der Waals surface area contributed by atoms with Crippen LogP contribution in [0.2, 0.25) is 0 Å². The fourth-order valence-corrected chi connectivity index (χ4v) is 2.12. The lowest BCUT2D eigenvalue weighted by Crippen LogP contribution is -2.27. The fraction of sp³-hybridized carbons (Fsp3) is 0.667. The van der Waals surface area contributed by atoms with Crippen LogP contribution in [0, 0.1) is 0 Å². The fourth-order valence-electron chi connectivity index (χ4n) is 2.12. The van der Waals surface area contributed by atoms with Crippen LogP contribution in [0.1, 0.15) is 31.9 Å². The average Bonchev–Trinajstić information content (AvgIpc) is 2.42. The van der Waals surface area contributed by atoms with E-state index in [1.54, 1.807) is 0 Å². The van der Waals surface area contributed by atoms with Crippen LogP contribution in [-0.4, -0.2) is 43.1 Å². The molecule has 0 saturated heterocycles. The summed E-state index contributed by atoms with van der Waals surface area (Å²) in [6.07, 6.45) is 6.65. The van der Waals surface area contributed by atoms with Crippen molar-refractivity contribution in [3.63, 3.8) is 0 Å². The van der Waals surface area contributed by atoms with Crippen LogP contribution < -0.4 is 5.32 Å². The van der Waals surface area contributed by atoms with Crippen molar-refractivity contribution in [1.29, 1.82) is 0 Å². The van der Waals surface area contributed by atoms with Gasteiger partial charge in [0.15, 0.2) is 0 Å². The molecule has 0 saturated carbocycles. The van der Waals surface area contributed by atoms with E-state index in [1.165, 1.54) is 31.5 Å². The molecule has 0 radical (unpaired) electrons. The third-order valence-electron chi connectivity index (χ3n) is 3.47. The molecule has 0 aliphatic rings. The van der Waals surface area contributed by atoms with Crippen LogP contribution in [0.15, 0.2) is 24.4 Å². The van der Waals surface area contributed by atoms with Gasteiger partial charge in [0.1, 0.15) is 0 Å². The minimum absolute atomic E-state index is 0.675. The molecule has 0 aliphatic heterocycles. The summed E-state index contributed by atoms with van der Waals surface area (Å²) in [5.41, 5.74) is 1.19. The van der Waals surface area contributed by atoms with Crippen LogP contribution in [0.5, 0.6) is 0 Å². The molecular weight excluding hydrogens is 222 g/mol. The van der Waals surface area contributed by atoms with E-state index in [1.807, 2.05) is 12.3 Å². The molecule has 1 atom stereocenters. The number of nitrogens with zero attached hydrogens (tertiary/aromatic N) is 2. The van der Waals surface area contributed by atoms with E-state index in [2.05, 4.69) is 48.4 Å². The Balaban J connectivity index is 2.12. The lowest BCUT2D eigenvalue weighted by molar-refractivity contribution is 0.318.